The molecule has 6 nitrogen and oxygen atoms in total. The van der Waals surface area contributed by atoms with Gasteiger partial charge in [-0.25, -0.2) is 4.98 Å². The SMILES string of the molecule is C#CCCC1(CCNC(=O)CCc2cccc3oc(C)nc23)N=N1. The summed E-state index contributed by atoms with van der Waals surface area (Å²) in [6.45, 7) is 2.38. The second-order valence-electron chi connectivity index (χ2n) is 5.98. The monoisotopic (exact) mass is 324 g/mol. The number of aryl methyl sites for hydroxylation is 2. The lowest BCUT2D eigenvalue weighted by Gasteiger charge is -2.10. The number of para-hydroxylation sites is 1. The summed E-state index contributed by atoms with van der Waals surface area (Å²) in [6.07, 6.45) is 8.42. The first-order valence-electron chi connectivity index (χ1n) is 8.11. The zero-order valence-electron chi connectivity index (χ0n) is 13.7. The van der Waals surface area contributed by atoms with E-state index in [1.54, 1.807) is 0 Å². The molecule has 2 heterocycles. The molecule has 3 rings (SSSR count). The van der Waals surface area contributed by atoms with Crippen molar-refractivity contribution in [2.75, 3.05) is 6.54 Å². The van der Waals surface area contributed by atoms with Gasteiger partial charge in [-0.05, 0) is 18.1 Å². The van der Waals surface area contributed by atoms with Crippen molar-refractivity contribution in [1.82, 2.24) is 10.3 Å². The molecule has 1 aromatic carbocycles. The summed E-state index contributed by atoms with van der Waals surface area (Å²) < 4.78 is 5.51. The third-order valence-electron chi connectivity index (χ3n) is 4.13. The highest BCUT2D eigenvalue weighted by molar-refractivity contribution is 5.79. The average molecular weight is 324 g/mol. The number of terminal acetylenes is 1. The van der Waals surface area contributed by atoms with E-state index in [1.807, 2.05) is 25.1 Å². The predicted molar refractivity (Wildman–Crippen MR) is 90.3 cm³/mol. The highest BCUT2D eigenvalue weighted by Gasteiger charge is 2.38. The topological polar surface area (TPSA) is 79.9 Å². The van der Waals surface area contributed by atoms with Crippen LogP contribution >= 0.6 is 0 Å². The maximum atomic E-state index is 12.0. The fraction of sp³-hybridized carbons (Fsp3) is 0.444. The molecule has 0 fully saturated rings. The Hall–Kier alpha value is -2.68. The van der Waals surface area contributed by atoms with Gasteiger partial charge in [0.1, 0.15) is 5.52 Å². The number of nitrogens with one attached hydrogen (secondary N) is 1. The van der Waals surface area contributed by atoms with Crippen LogP contribution in [0.2, 0.25) is 0 Å². The summed E-state index contributed by atoms with van der Waals surface area (Å²) >= 11 is 0. The molecule has 0 atom stereocenters. The van der Waals surface area contributed by atoms with Gasteiger partial charge in [0, 0.05) is 39.2 Å². The highest BCUT2D eigenvalue weighted by atomic mass is 16.3. The first kappa shape index (κ1) is 16.2. The van der Waals surface area contributed by atoms with Gasteiger partial charge in [-0.2, -0.15) is 10.2 Å². The van der Waals surface area contributed by atoms with Gasteiger partial charge in [-0.3, -0.25) is 4.79 Å². The van der Waals surface area contributed by atoms with E-state index in [4.69, 9.17) is 10.8 Å². The van der Waals surface area contributed by atoms with Crippen molar-refractivity contribution in [3.05, 3.63) is 29.7 Å². The molecule has 0 saturated heterocycles. The fourth-order valence-electron chi connectivity index (χ4n) is 2.72. The Kier molecular flexibility index (Phi) is 4.61. The van der Waals surface area contributed by atoms with Gasteiger partial charge < -0.3 is 9.73 Å². The van der Waals surface area contributed by atoms with Gasteiger partial charge in [0.05, 0.1) is 0 Å². The average Bonchev–Trinajstić information content (AvgIpc) is 3.22. The van der Waals surface area contributed by atoms with Crippen molar-refractivity contribution in [2.45, 2.75) is 44.7 Å². The molecule has 1 amide bonds. The molecule has 0 saturated carbocycles. The van der Waals surface area contributed by atoms with Crippen molar-refractivity contribution in [3.8, 4) is 12.3 Å². The lowest BCUT2D eigenvalue weighted by Crippen LogP contribution is -2.28. The summed E-state index contributed by atoms with van der Waals surface area (Å²) in [5.74, 6) is 3.25. The molecular weight excluding hydrogens is 304 g/mol. The summed E-state index contributed by atoms with van der Waals surface area (Å²) in [4.78, 5) is 16.4. The number of fused-ring (bicyclic) bond motifs is 1. The largest absolute Gasteiger partial charge is 0.441 e. The molecule has 0 unspecified atom stereocenters. The van der Waals surface area contributed by atoms with E-state index in [-0.39, 0.29) is 11.6 Å². The lowest BCUT2D eigenvalue weighted by atomic mass is 10.0. The van der Waals surface area contributed by atoms with Crippen LogP contribution in [0.3, 0.4) is 0 Å². The van der Waals surface area contributed by atoms with Crippen LogP contribution in [0, 0.1) is 19.3 Å². The minimum absolute atomic E-state index is 0.0139. The molecule has 1 aliphatic rings. The number of nitrogens with zero attached hydrogens (tertiary/aromatic N) is 3. The van der Waals surface area contributed by atoms with Crippen LogP contribution in [0.15, 0.2) is 32.8 Å². The first-order chi connectivity index (χ1) is 11.6. The van der Waals surface area contributed by atoms with Gasteiger partial charge in [-0.15, -0.1) is 12.3 Å². The first-order valence-corrected chi connectivity index (χ1v) is 8.11. The van der Waals surface area contributed by atoms with Crippen LogP contribution < -0.4 is 5.32 Å². The quantitative estimate of drug-likeness (QED) is 0.757. The van der Waals surface area contributed by atoms with Crippen LogP contribution in [0.25, 0.3) is 11.1 Å². The van der Waals surface area contributed by atoms with Crippen molar-refractivity contribution in [3.63, 3.8) is 0 Å². The van der Waals surface area contributed by atoms with Crippen molar-refractivity contribution in [2.24, 2.45) is 10.2 Å². The van der Waals surface area contributed by atoms with Crippen LogP contribution in [0.5, 0.6) is 0 Å². The van der Waals surface area contributed by atoms with Crippen LogP contribution in [-0.2, 0) is 11.2 Å². The smallest absolute Gasteiger partial charge is 0.220 e. The predicted octanol–water partition coefficient (Wildman–Crippen LogP) is 3.15. The number of carbonyl (C=O) groups excluding carboxylic acids is 1. The molecule has 2 aromatic rings. The highest BCUT2D eigenvalue weighted by Crippen LogP contribution is 2.36. The van der Waals surface area contributed by atoms with Gasteiger partial charge in [0.2, 0.25) is 5.91 Å². The van der Waals surface area contributed by atoms with Gasteiger partial charge in [0.15, 0.2) is 17.1 Å². The Morgan fingerprint density at radius 2 is 2.21 bits per heavy atom. The number of hydrogen-bond donors (Lipinski definition) is 1. The molecule has 1 aliphatic heterocycles. The number of carbonyl (C=O) groups is 1. The van der Waals surface area contributed by atoms with Gasteiger partial charge >= 0.3 is 0 Å². The standard InChI is InChI=1S/C18H20N4O2/c1-3-4-10-18(21-22-18)11-12-19-16(23)9-8-14-6-5-7-15-17(14)20-13(2)24-15/h1,5-7H,4,8-12H2,2H3,(H,19,23). The van der Waals surface area contributed by atoms with E-state index < -0.39 is 0 Å². The van der Waals surface area contributed by atoms with E-state index in [1.165, 1.54) is 0 Å². The normalized spacial score (nSPS) is 14.5. The van der Waals surface area contributed by atoms with E-state index >= 15 is 0 Å². The van der Waals surface area contributed by atoms with E-state index in [0.29, 0.717) is 38.1 Å². The van der Waals surface area contributed by atoms with E-state index in [2.05, 4.69) is 26.4 Å². The van der Waals surface area contributed by atoms with Gasteiger partial charge in [-0.1, -0.05) is 12.1 Å². The number of amides is 1. The fourth-order valence-corrected chi connectivity index (χ4v) is 2.72. The minimum Gasteiger partial charge on any atom is -0.441 e. The third kappa shape index (κ3) is 3.80. The molecular formula is C18H20N4O2. The molecule has 24 heavy (non-hydrogen) atoms. The van der Waals surface area contributed by atoms with Crippen LogP contribution in [0.4, 0.5) is 0 Å². The molecule has 124 valence electrons. The molecule has 6 heteroatoms. The number of benzene rings is 1. The van der Waals surface area contributed by atoms with Crippen molar-refractivity contribution in [1.29, 1.82) is 0 Å². The Labute approximate surface area is 140 Å². The molecule has 0 spiro atoms. The van der Waals surface area contributed by atoms with E-state index in [9.17, 15) is 4.79 Å². The number of aromatic nitrogens is 1. The zero-order valence-corrected chi connectivity index (χ0v) is 13.7. The third-order valence-corrected chi connectivity index (χ3v) is 4.13. The summed E-state index contributed by atoms with van der Waals surface area (Å²) in [5, 5.41) is 11.0. The Morgan fingerprint density at radius 1 is 1.38 bits per heavy atom. The van der Waals surface area contributed by atoms with Crippen molar-refractivity contribution < 1.29 is 9.21 Å². The number of oxazole rings is 1. The second kappa shape index (κ2) is 6.83. The van der Waals surface area contributed by atoms with Crippen LogP contribution in [0.1, 0.15) is 37.1 Å². The lowest BCUT2D eigenvalue weighted by molar-refractivity contribution is -0.121. The summed E-state index contributed by atoms with van der Waals surface area (Å²) in [6, 6.07) is 5.79. The number of rotatable bonds is 8. The minimum atomic E-state index is -0.344. The summed E-state index contributed by atoms with van der Waals surface area (Å²) in [5.41, 5.74) is 2.28. The Morgan fingerprint density at radius 3 is 2.96 bits per heavy atom. The molecule has 1 N–H and O–H groups in total. The van der Waals surface area contributed by atoms with Crippen LogP contribution in [-0.4, -0.2) is 23.1 Å². The molecule has 0 aliphatic carbocycles. The maximum Gasteiger partial charge on any atom is 0.220 e. The second-order valence-corrected chi connectivity index (χ2v) is 5.98. The molecule has 0 radical (unpaired) electrons. The summed E-state index contributed by atoms with van der Waals surface area (Å²) in [7, 11) is 0. The zero-order chi connectivity index (χ0) is 17.0. The maximum absolute atomic E-state index is 12.0. The Balaban J connectivity index is 1.45. The van der Waals surface area contributed by atoms with E-state index in [0.717, 1.165) is 23.1 Å². The van der Waals surface area contributed by atoms with Crippen molar-refractivity contribution >= 4 is 17.0 Å². The Bertz CT molecular complexity index is 810. The number of hydrogen-bond acceptors (Lipinski definition) is 5. The van der Waals surface area contributed by atoms with Gasteiger partial charge in [0.25, 0.3) is 0 Å². The molecule has 0 bridgehead atoms. The molecule has 1 aromatic heterocycles.